The highest BCUT2D eigenvalue weighted by Gasteiger charge is 2.24. The molecule has 2 aromatic carbocycles. The van der Waals surface area contributed by atoms with Crippen molar-refractivity contribution in [2.45, 2.75) is 25.8 Å². The Bertz CT molecular complexity index is 935. The van der Waals surface area contributed by atoms with Gasteiger partial charge in [0.1, 0.15) is 5.75 Å². The molecule has 0 aromatic heterocycles. The molecule has 7 nitrogen and oxygen atoms in total. The average molecular weight is 395 g/mol. The van der Waals surface area contributed by atoms with E-state index in [4.69, 9.17) is 4.74 Å². The van der Waals surface area contributed by atoms with Crippen molar-refractivity contribution in [3.8, 4) is 5.75 Å². The first-order valence-corrected chi connectivity index (χ1v) is 9.49. The maximum Gasteiger partial charge on any atom is 0.259 e. The molecule has 0 aliphatic heterocycles. The maximum absolute atomic E-state index is 12.7. The number of aryl methyl sites for hydroxylation is 1. The highest BCUT2D eigenvalue weighted by molar-refractivity contribution is 6.05. The highest BCUT2D eigenvalue weighted by atomic mass is 16.5. The summed E-state index contributed by atoms with van der Waals surface area (Å²) in [5.41, 5.74) is 2.34. The van der Waals surface area contributed by atoms with Gasteiger partial charge in [-0.25, -0.2) is 0 Å². The molecule has 1 saturated carbocycles. The number of hydrogen-bond acceptors (Lipinski definition) is 4. The molecular formula is C22H25N3O4. The lowest BCUT2D eigenvalue weighted by Gasteiger charge is -2.13. The molecule has 0 atom stereocenters. The van der Waals surface area contributed by atoms with Gasteiger partial charge in [-0.3, -0.25) is 14.4 Å². The Morgan fingerprint density at radius 1 is 1.03 bits per heavy atom. The van der Waals surface area contributed by atoms with Crippen LogP contribution in [0.15, 0.2) is 42.5 Å². The summed E-state index contributed by atoms with van der Waals surface area (Å²) in [6, 6.07) is 12.1. The van der Waals surface area contributed by atoms with Gasteiger partial charge in [0.25, 0.3) is 17.7 Å². The number of nitrogens with zero attached hydrogens (tertiary/aromatic N) is 1. The summed E-state index contributed by atoms with van der Waals surface area (Å²) in [5, 5.41) is 5.79. The molecule has 0 radical (unpaired) electrons. The normalized spacial score (nSPS) is 12.8. The van der Waals surface area contributed by atoms with Crippen LogP contribution in [-0.2, 0) is 4.79 Å². The van der Waals surface area contributed by atoms with Gasteiger partial charge in [-0.05, 0) is 55.7 Å². The second-order valence-electron chi connectivity index (χ2n) is 7.34. The number of carbonyl (C=O) groups is 3. The van der Waals surface area contributed by atoms with E-state index in [1.165, 1.54) is 4.90 Å². The molecule has 0 spiro atoms. The van der Waals surface area contributed by atoms with Crippen LogP contribution in [0.3, 0.4) is 0 Å². The van der Waals surface area contributed by atoms with Crippen molar-refractivity contribution in [1.82, 2.24) is 10.2 Å². The van der Waals surface area contributed by atoms with Crippen LogP contribution in [0.1, 0.15) is 39.1 Å². The largest absolute Gasteiger partial charge is 0.484 e. The lowest BCUT2D eigenvalue weighted by Crippen LogP contribution is -2.27. The Kier molecular flexibility index (Phi) is 6.16. The monoisotopic (exact) mass is 395 g/mol. The Balaban J connectivity index is 1.68. The molecule has 29 heavy (non-hydrogen) atoms. The molecule has 1 aliphatic carbocycles. The van der Waals surface area contributed by atoms with Gasteiger partial charge in [0.2, 0.25) is 0 Å². The Hall–Kier alpha value is -3.35. The number of amides is 3. The van der Waals surface area contributed by atoms with Gasteiger partial charge >= 0.3 is 0 Å². The van der Waals surface area contributed by atoms with Gasteiger partial charge in [0, 0.05) is 37.0 Å². The molecule has 1 fully saturated rings. The van der Waals surface area contributed by atoms with Crippen LogP contribution >= 0.6 is 0 Å². The summed E-state index contributed by atoms with van der Waals surface area (Å²) in [4.78, 5) is 38.1. The number of anilines is 1. The smallest absolute Gasteiger partial charge is 0.259 e. The van der Waals surface area contributed by atoms with E-state index in [0.717, 1.165) is 18.4 Å². The van der Waals surface area contributed by atoms with Crippen LogP contribution in [0.5, 0.6) is 5.75 Å². The fourth-order valence-corrected chi connectivity index (χ4v) is 2.59. The SMILES string of the molecule is Cc1ccc(C(=O)NC2CC2)cc1NC(=O)c1cccc(OCC(=O)N(C)C)c1. The number of carbonyl (C=O) groups excluding carboxylic acids is 3. The highest BCUT2D eigenvalue weighted by Crippen LogP contribution is 2.22. The Labute approximate surface area is 170 Å². The summed E-state index contributed by atoms with van der Waals surface area (Å²) in [6.45, 7) is 1.76. The first-order chi connectivity index (χ1) is 13.8. The number of nitrogens with one attached hydrogen (secondary N) is 2. The molecule has 152 valence electrons. The zero-order valence-electron chi connectivity index (χ0n) is 16.8. The van der Waals surface area contributed by atoms with Gasteiger partial charge in [0.05, 0.1) is 0 Å². The first kappa shape index (κ1) is 20.4. The third-order valence-corrected chi connectivity index (χ3v) is 4.62. The third kappa shape index (κ3) is 5.57. The molecule has 7 heteroatoms. The molecule has 0 bridgehead atoms. The summed E-state index contributed by atoms with van der Waals surface area (Å²) >= 11 is 0. The Morgan fingerprint density at radius 3 is 2.45 bits per heavy atom. The van der Waals surface area contributed by atoms with Crippen molar-refractivity contribution in [2.24, 2.45) is 0 Å². The molecule has 0 heterocycles. The predicted molar refractivity (Wildman–Crippen MR) is 110 cm³/mol. The van der Waals surface area contributed by atoms with Crippen LogP contribution < -0.4 is 15.4 Å². The van der Waals surface area contributed by atoms with Crippen LogP contribution in [0, 0.1) is 6.92 Å². The standard InChI is InChI=1S/C22H25N3O4/c1-14-7-8-16(21(27)23-17-9-10-17)12-19(14)24-22(28)15-5-4-6-18(11-15)29-13-20(26)25(2)3/h4-8,11-12,17H,9-10,13H2,1-3H3,(H,23,27)(H,24,28). The summed E-state index contributed by atoms with van der Waals surface area (Å²) in [5.74, 6) is -0.194. The number of ether oxygens (including phenoxy) is 1. The molecule has 0 saturated heterocycles. The second-order valence-corrected chi connectivity index (χ2v) is 7.34. The number of hydrogen-bond donors (Lipinski definition) is 2. The molecule has 1 aliphatic rings. The van der Waals surface area contributed by atoms with Crippen molar-refractivity contribution in [1.29, 1.82) is 0 Å². The Morgan fingerprint density at radius 2 is 1.76 bits per heavy atom. The summed E-state index contributed by atoms with van der Waals surface area (Å²) in [6.07, 6.45) is 2.03. The fraction of sp³-hybridized carbons (Fsp3) is 0.318. The van der Waals surface area contributed by atoms with E-state index in [9.17, 15) is 14.4 Å². The van der Waals surface area contributed by atoms with E-state index in [1.807, 2.05) is 13.0 Å². The van der Waals surface area contributed by atoms with Crippen LogP contribution in [0.25, 0.3) is 0 Å². The van der Waals surface area contributed by atoms with E-state index in [1.54, 1.807) is 50.5 Å². The molecule has 2 N–H and O–H groups in total. The van der Waals surface area contributed by atoms with Crippen molar-refractivity contribution in [2.75, 3.05) is 26.0 Å². The van der Waals surface area contributed by atoms with Gasteiger partial charge in [-0.15, -0.1) is 0 Å². The van der Waals surface area contributed by atoms with Crippen molar-refractivity contribution in [3.05, 3.63) is 59.2 Å². The minimum Gasteiger partial charge on any atom is -0.484 e. The van der Waals surface area contributed by atoms with Gasteiger partial charge < -0.3 is 20.3 Å². The van der Waals surface area contributed by atoms with E-state index in [2.05, 4.69) is 10.6 Å². The summed E-state index contributed by atoms with van der Waals surface area (Å²) < 4.78 is 5.46. The lowest BCUT2D eigenvalue weighted by atomic mass is 10.1. The molecule has 3 rings (SSSR count). The lowest BCUT2D eigenvalue weighted by molar-refractivity contribution is -0.130. The van der Waals surface area contributed by atoms with Gasteiger partial charge in [-0.1, -0.05) is 12.1 Å². The molecule has 2 aromatic rings. The van der Waals surface area contributed by atoms with Crippen molar-refractivity contribution < 1.29 is 19.1 Å². The van der Waals surface area contributed by atoms with Crippen LogP contribution in [0.4, 0.5) is 5.69 Å². The van der Waals surface area contributed by atoms with E-state index in [-0.39, 0.29) is 30.4 Å². The average Bonchev–Trinajstić information content (AvgIpc) is 3.51. The summed E-state index contributed by atoms with van der Waals surface area (Å²) in [7, 11) is 3.30. The predicted octanol–water partition coefficient (Wildman–Crippen LogP) is 2.61. The van der Waals surface area contributed by atoms with Crippen molar-refractivity contribution >= 4 is 23.4 Å². The number of benzene rings is 2. The van der Waals surface area contributed by atoms with Crippen molar-refractivity contribution in [3.63, 3.8) is 0 Å². The molecular weight excluding hydrogens is 370 g/mol. The second kappa shape index (κ2) is 8.77. The van der Waals surface area contributed by atoms with Gasteiger partial charge in [-0.2, -0.15) is 0 Å². The van der Waals surface area contributed by atoms with E-state index < -0.39 is 0 Å². The molecule has 3 amide bonds. The number of likely N-dealkylation sites (N-methyl/N-ethyl adjacent to an activating group) is 1. The zero-order valence-corrected chi connectivity index (χ0v) is 16.8. The zero-order chi connectivity index (χ0) is 21.0. The maximum atomic E-state index is 12.7. The topological polar surface area (TPSA) is 87.7 Å². The van der Waals surface area contributed by atoms with E-state index in [0.29, 0.717) is 22.6 Å². The van der Waals surface area contributed by atoms with Crippen LogP contribution in [-0.4, -0.2) is 49.4 Å². The van der Waals surface area contributed by atoms with Crippen LogP contribution in [0.2, 0.25) is 0 Å². The molecule has 0 unspecified atom stereocenters. The minimum atomic E-state index is -0.322. The van der Waals surface area contributed by atoms with Gasteiger partial charge in [0.15, 0.2) is 6.61 Å². The minimum absolute atomic E-state index is 0.102. The third-order valence-electron chi connectivity index (χ3n) is 4.62. The number of rotatable bonds is 7. The fourth-order valence-electron chi connectivity index (χ4n) is 2.59. The first-order valence-electron chi connectivity index (χ1n) is 9.49. The quantitative estimate of drug-likeness (QED) is 0.754. The van der Waals surface area contributed by atoms with E-state index >= 15 is 0 Å².